The standard InChI is InChI=1S/C32H32Cl2N4O2/c1-39-31-23(29(35)17-9-10-17)13-15-25(37-31)21-7-3-5-19(27(21)33)20-6-4-8-22(28(20)34)26-16-14-24(32(38-26)40-2)30(36)18-11-12-18/h3-8,13-18,29-30H,9-12,35-36H2,1-2H3/t29-,30?/m0/s1. The first-order chi connectivity index (χ1) is 19.4. The van der Waals surface area contributed by atoms with Gasteiger partial charge in [-0.05, 0) is 61.8 Å². The average Bonchev–Trinajstić information content (AvgIpc) is 3.90. The highest BCUT2D eigenvalue weighted by atomic mass is 35.5. The number of benzene rings is 2. The number of halogens is 2. The van der Waals surface area contributed by atoms with Crippen molar-refractivity contribution in [3.63, 3.8) is 0 Å². The minimum absolute atomic E-state index is 0.0782. The minimum atomic E-state index is -0.0782. The molecule has 0 amide bonds. The number of pyridine rings is 2. The second-order valence-corrected chi connectivity index (χ2v) is 11.4. The van der Waals surface area contributed by atoms with Gasteiger partial charge < -0.3 is 20.9 Å². The zero-order valence-electron chi connectivity index (χ0n) is 22.5. The minimum Gasteiger partial charge on any atom is -0.481 e. The first kappa shape index (κ1) is 27.0. The third-order valence-corrected chi connectivity index (χ3v) is 8.80. The number of methoxy groups -OCH3 is 2. The average molecular weight is 576 g/mol. The molecule has 0 saturated heterocycles. The lowest BCUT2D eigenvalue weighted by Gasteiger charge is -2.17. The van der Waals surface area contributed by atoms with Crippen LogP contribution in [0.2, 0.25) is 10.0 Å². The number of hydrogen-bond donors (Lipinski definition) is 2. The number of nitrogens with two attached hydrogens (primary N) is 2. The van der Waals surface area contributed by atoms with E-state index in [2.05, 4.69) is 0 Å². The fourth-order valence-corrected chi connectivity index (χ4v) is 5.98. The molecule has 0 spiro atoms. The van der Waals surface area contributed by atoms with Crippen molar-refractivity contribution >= 4 is 23.2 Å². The van der Waals surface area contributed by atoms with Crippen molar-refractivity contribution in [1.82, 2.24) is 9.97 Å². The molecule has 206 valence electrons. The van der Waals surface area contributed by atoms with E-state index in [1.54, 1.807) is 14.2 Å². The number of nitrogens with zero attached hydrogens (tertiary/aromatic N) is 2. The summed E-state index contributed by atoms with van der Waals surface area (Å²) in [5.41, 5.74) is 19.3. The van der Waals surface area contributed by atoms with Gasteiger partial charge in [-0.2, -0.15) is 0 Å². The first-order valence-corrected chi connectivity index (χ1v) is 14.4. The largest absolute Gasteiger partial charge is 0.481 e. The van der Waals surface area contributed by atoms with Gasteiger partial charge in [0.2, 0.25) is 11.8 Å². The van der Waals surface area contributed by atoms with Gasteiger partial charge in [0.05, 0.1) is 35.7 Å². The van der Waals surface area contributed by atoms with Gasteiger partial charge in [-0.3, -0.25) is 0 Å². The number of hydrogen-bond acceptors (Lipinski definition) is 6. The third kappa shape index (κ3) is 5.06. The number of rotatable bonds is 9. The Labute approximate surface area is 244 Å². The Morgan fingerprint density at radius 1 is 0.625 bits per heavy atom. The van der Waals surface area contributed by atoms with Crippen molar-refractivity contribution in [2.45, 2.75) is 37.8 Å². The van der Waals surface area contributed by atoms with E-state index in [-0.39, 0.29) is 12.1 Å². The first-order valence-electron chi connectivity index (χ1n) is 13.6. The second kappa shape index (κ2) is 11.0. The Kier molecular flexibility index (Phi) is 7.44. The molecule has 2 aliphatic rings. The Morgan fingerprint density at radius 3 is 1.35 bits per heavy atom. The zero-order chi connectivity index (χ0) is 28.0. The third-order valence-electron chi connectivity index (χ3n) is 7.98. The normalized spacial score (nSPS) is 16.4. The molecule has 6 rings (SSSR count). The molecule has 0 bridgehead atoms. The van der Waals surface area contributed by atoms with Gasteiger partial charge in [-0.1, -0.05) is 59.6 Å². The van der Waals surface area contributed by atoms with E-state index >= 15 is 0 Å². The van der Waals surface area contributed by atoms with E-state index in [4.69, 9.17) is 54.1 Å². The van der Waals surface area contributed by atoms with E-state index in [9.17, 15) is 0 Å². The van der Waals surface area contributed by atoms with E-state index in [0.717, 1.165) is 59.1 Å². The van der Waals surface area contributed by atoms with Crippen LogP contribution in [-0.4, -0.2) is 24.2 Å². The summed E-state index contributed by atoms with van der Waals surface area (Å²) in [6.07, 6.45) is 4.56. The highest BCUT2D eigenvalue weighted by Crippen LogP contribution is 2.45. The summed E-state index contributed by atoms with van der Waals surface area (Å²) in [5.74, 6) is 2.04. The van der Waals surface area contributed by atoms with Crippen molar-refractivity contribution in [2.24, 2.45) is 23.3 Å². The molecule has 2 fully saturated rings. The van der Waals surface area contributed by atoms with Crippen LogP contribution in [0.1, 0.15) is 48.9 Å². The Balaban J connectivity index is 1.37. The van der Waals surface area contributed by atoms with Gasteiger partial charge in [0.25, 0.3) is 0 Å². The van der Waals surface area contributed by atoms with E-state index in [1.165, 1.54) is 0 Å². The lowest BCUT2D eigenvalue weighted by molar-refractivity contribution is 0.386. The molecule has 4 N–H and O–H groups in total. The van der Waals surface area contributed by atoms with E-state index in [0.29, 0.717) is 45.0 Å². The summed E-state index contributed by atoms with van der Waals surface area (Å²) in [6, 6.07) is 19.4. The van der Waals surface area contributed by atoms with Gasteiger partial charge in [-0.25, -0.2) is 9.97 Å². The van der Waals surface area contributed by atoms with Crippen LogP contribution in [-0.2, 0) is 0 Å². The van der Waals surface area contributed by atoms with Crippen LogP contribution in [0.5, 0.6) is 11.8 Å². The van der Waals surface area contributed by atoms with Crippen LogP contribution in [0.25, 0.3) is 33.6 Å². The van der Waals surface area contributed by atoms with Crippen LogP contribution in [0, 0.1) is 11.8 Å². The molecular formula is C32H32Cl2N4O2. The molecule has 2 atom stereocenters. The predicted octanol–water partition coefficient (Wildman–Crippen LogP) is 7.62. The van der Waals surface area contributed by atoms with Crippen molar-refractivity contribution in [2.75, 3.05) is 14.2 Å². The quantitative estimate of drug-likeness (QED) is 0.213. The monoisotopic (exact) mass is 574 g/mol. The topological polar surface area (TPSA) is 96.3 Å². The van der Waals surface area contributed by atoms with Gasteiger partial charge in [0.15, 0.2) is 0 Å². The maximum atomic E-state index is 7.03. The molecular weight excluding hydrogens is 543 g/mol. The van der Waals surface area contributed by atoms with Gasteiger partial charge in [0, 0.05) is 45.5 Å². The van der Waals surface area contributed by atoms with Gasteiger partial charge >= 0.3 is 0 Å². The maximum absolute atomic E-state index is 7.03. The molecule has 2 aliphatic carbocycles. The smallest absolute Gasteiger partial charge is 0.218 e. The summed E-state index contributed by atoms with van der Waals surface area (Å²) >= 11 is 14.1. The van der Waals surface area contributed by atoms with Crippen LogP contribution in [0.4, 0.5) is 0 Å². The van der Waals surface area contributed by atoms with Crippen molar-refractivity contribution in [1.29, 1.82) is 0 Å². The van der Waals surface area contributed by atoms with E-state index < -0.39 is 0 Å². The summed E-state index contributed by atoms with van der Waals surface area (Å²) in [6.45, 7) is 0. The van der Waals surface area contributed by atoms with Crippen LogP contribution in [0.3, 0.4) is 0 Å². The molecule has 2 saturated carbocycles. The zero-order valence-corrected chi connectivity index (χ0v) is 24.0. The van der Waals surface area contributed by atoms with Crippen molar-refractivity contribution < 1.29 is 9.47 Å². The molecule has 8 heteroatoms. The summed E-state index contributed by atoms with van der Waals surface area (Å²) in [4.78, 5) is 9.56. The van der Waals surface area contributed by atoms with Crippen molar-refractivity contribution in [3.8, 4) is 45.4 Å². The molecule has 4 aromatic rings. The molecule has 2 aromatic carbocycles. The molecule has 0 aliphatic heterocycles. The molecule has 6 nitrogen and oxygen atoms in total. The van der Waals surface area contributed by atoms with Crippen LogP contribution in [0.15, 0.2) is 60.7 Å². The highest BCUT2D eigenvalue weighted by molar-refractivity contribution is 6.39. The Bertz CT molecular complexity index is 1450. The van der Waals surface area contributed by atoms with Gasteiger partial charge in [0.1, 0.15) is 0 Å². The lowest BCUT2D eigenvalue weighted by atomic mass is 9.97. The summed E-state index contributed by atoms with van der Waals surface area (Å²) < 4.78 is 11.2. The molecule has 1 unspecified atom stereocenters. The molecule has 40 heavy (non-hydrogen) atoms. The Hall–Kier alpha value is -3.16. The predicted molar refractivity (Wildman–Crippen MR) is 161 cm³/mol. The van der Waals surface area contributed by atoms with Crippen molar-refractivity contribution in [3.05, 3.63) is 81.8 Å². The fourth-order valence-electron chi connectivity index (χ4n) is 5.33. The summed E-state index contributed by atoms with van der Waals surface area (Å²) in [5, 5.41) is 1.10. The lowest BCUT2D eigenvalue weighted by Crippen LogP contribution is -2.14. The fraction of sp³-hybridized carbons (Fsp3) is 0.312. The maximum Gasteiger partial charge on any atom is 0.218 e. The van der Waals surface area contributed by atoms with Crippen LogP contribution < -0.4 is 20.9 Å². The number of aromatic nitrogens is 2. The van der Waals surface area contributed by atoms with Gasteiger partial charge in [-0.15, -0.1) is 0 Å². The molecule has 2 heterocycles. The SMILES string of the molecule is COc1nc(-c2cccc(-c3cccc(-c4ccc([C@@H](N)C5CC5)c(OC)n4)c3Cl)c2Cl)ccc1C(N)C1CC1. The highest BCUT2D eigenvalue weighted by Gasteiger charge is 2.33. The van der Waals surface area contributed by atoms with Crippen LogP contribution >= 0.6 is 23.2 Å². The second-order valence-electron chi connectivity index (χ2n) is 10.7. The molecule has 2 aromatic heterocycles. The van der Waals surface area contributed by atoms with E-state index in [1.807, 2.05) is 60.7 Å². The summed E-state index contributed by atoms with van der Waals surface area (Å²) in [7, 11) is 3.24. The number of ether oxygens (including phenoxy) is 2. The Morgan fingerprint density at radius 2 is 1.00 bits per heavy atom. The molecule has 0 radical (unpaired) electrons.